The van der Waals surface area contributed by atoms with Gasteiger partial charge in [0.2, 0.25) is 0 Å². The monoisotopic (exact) mass is 263 g/mol. The molecule has 0 spiro atoms. The SMILES string of the molecule is C[C@@H](NCc1ccc2cnccc2c1)c1ccncc1. The summed E-state index contributed by atoms with van der Waals surface area (Å²) in [5.41, 5.74) is 2.54. The van der Waals surface area contributed by atoms with Crippen molar-refractivity contribution in [2.24, 2.45) is 0 Å². The van der Waals surface area contributed by atoms with Gasteiger partial charge >= 0.3 is 0 Å². The van der Waals surface area contributed by atoms with Crippen molar-refractivity contribution in [1.82, 2.24) is 15.3 Å². The second kappa shape index (κ2) is 5.80. The molecule has 0 fully saturated rings. The van der Waals surface area contributed by atoms with E-state index < -0.39 is 0 Å². The Labute approximate surface area is 118 Å². The highest BCUT2D eigenvalue weighted by Gasteiger charge is 2.04. The summed E-state index contributed by atoms with van der Waals surface area (Å²) >= 11 is 0. The third-order valence-corrected chi connectivity index (χ3v) is 3.52. The topological polar surface area (TPSA) is 37.8 Å². The first kappa shape index (κ1) is 12.8. The minimum atomic E-state index is 0.311. The molecule has 2 aromatic heterocycles. The second-order valence-electron chi connectivity index (χ2n) is 4.94. The standard InChI is InChI=1S/C17H17N3/c1-13(15-4-7-18-8-5-15)20-11-14-2-3-17-12-19-9-6-16(17)10-14/h2-10,12-13,20H,11H2,1H3/t13-/m1/s1. The van der Waals surface area contributed by atoms with Gasteiger partial charge in [-0.15, -0.1) is 0 Å². The van der Waals surface area contributed by atoms with Crippen LogP contribution in [-0.4, -0.2) is 9.97 Å². The number of hydrogen-bond acceptors (Lipinski definition) is 3. The maximum atomic E-state index is 4.13. The molecule has 0 bridgehead atoms. The van der Waals surface area contributed by atoms with Crippen LogP contribution in [0.1, 0.15) is 24.1 Å². The van der Waals surface area contributed by atoms with Crippen LogP contribution in [0.3, 0.4) is 0 Å². The zero-order valence-electron chi connectivity index (χ0n) is 11.5. The van der Waals surface area contributed by atoms with E-state index in [4.69, 9.17) is 0 Å². The average molecular weight is 263 g/mol. The van der Waals surface area contributed by atoms with E-state index in [9.17, 15) is 0 Å². The van der Waals surface area contributed by atoms with Crippen molar-refractivity contribution in [3.05, 3.63) is 72.3 Å². The Morgan fingerprint density at radius 2 is 1.75 bits per heavy atom. The smallest absolute Gasteiger partial charge is 0.0346 e. The van der Waals surface area contributed by atoms with Crippen molar-refractivity contribution in [3.8, 4) is 0 Å². The summed E-state index contributed by atoms with van der Waals surface area (Å²) in [7, 11) is 0. The van der Waals surface area contributed by atoms with E-state index in [1.807, 2.05) is 43.0 Å². The number of benzene rings is 1. The molecule has 0 aliphatic heterocycles. The van der Waals surface area contributed by atoms with E-state index in [1.54, 1.807) is 0 Å². The van der Waals surface area contributed by atoms with Crippen LogP contribution in [0.2, 0.25) is 0 Å². The maximum Gasteiger partial charge on any atom is 0.0346 e. The summed E-state index contributed by atoms with van der Waals surface area (Å²) in [5.74, 6) is 0. The van der Waals surface area contributed by atoms with Crippen LogP contribution in [0.25, 0.3) is 10.8 Å². The first-order valence-corrected chi connectivity index (χ1v) is 6.79. The first-order valence-electron chi connectivity index (χ1n) is 6.79. The van der Waals surface area contributed by atoms with Crippen LogP contribution in [0.5, 0.6) is 0 Å². The highest BCUT2D eigenvalue weighted by Crippen LogP contribution is 2.16. The van der Waals surface area contributed by atoms with E-state index in [0.29, 0.717) is 6.04 Å². The van der Waals surface area contributed by atoms with Crippen LogP contribution < -0.4 is 5.32 Å². The average Bonchev–Trinajstić information content (AvgIpc) is 2.53. The number of rotatable bonds is 4. The lowest BCUT2D eigenvalue weighted by Crippen LogP contribution is -2.18. The molecule has 0 saturated heterocycles. The van der Waals surface area contributed by atoms with Crippen molar-refractivity contribution < 1.29 is 0 Å². The van der Waals surface area contributed by atoms with Crippen LogP contribution in [-0.2, 0) is 6.54 Å². The van der Waals surface area contributed by atoms with Gasteiger partial charge in [-0.1, -0.05) is 12.1 Å². The Morgan fingerprint density at radius 1 is 0.950 bits per heavy atom. The van der Waals surface area contributed by atoms with Gasteiger partial charge in [-0.05, 0) is 47.7 Å². The molecule has 1 aromatic carbocycles. The molecular formula is C17H17N3. The number of nitrogens with zero attached hydrogens (tertiary/aromatic N) is 2. The molecule has 20 heavy (non-hydrogen) atoms. The van der Waals surface area contributed by atoms with E-state index in [1.165, 1.54) is 21.9 Å². The van der Waals surface area contributed by atoms with Crippen LogP contribution in [0.4, 0.5) is 0 Å². The highest BCUT2D eigenvalue weighted by atomic mass is 14.9. The molecular weight excluding hydrogens is 246 g/mol. The number of pyridine rings is 2. The van der Waals surface area contributed by atoms with Gasteiger partial charge in [0.25, 0.3) is 0 Å². The normalized spacial score (nSPS) is 12.4. The fraction of sp³-hybridized carbons (Fsp3) is 0.176. The number of fused-ring (bicyclic) bond motifs is 1. The van der Waals surface area contributed by atoms with E-state index in [2.05, 4.69) is 40.4 Å². The Bertz CT molecular complexity index is 695. The summed E-state index contributed by atoms with van der Waals surface area (Å²) in [5, 5.41) is 5.95. The number of hydrogen-bond donors (Lipinski definition) is 1. The fourth-order valence-corrected chi connectivity index (χ4v) is 2.28. The molecule has 0 radical (unpaired) electrons. The largest absolute Gasteiger partial charge is 0.306 e. The lowest BCUT2D eigenvalue weighted by atomic mass is 10.1. The van der Waals surface area contributed by atoms with Crippen molar-refractivity contribution in [1.29, 1.82) is 0 Å². The van der Waals surface area contributed by atoms with E-state index in [0.717, 1.165) is 6.54 Å². The zero-order valence-corrected chi connectivity index (χ0v) is 11.5. The summed E-state index contributed by atoms with van der Waals surface area (Å²) < 4.78 is 0. The van der Waals surface area contributed by atoms with Gasteiger partial charge < -0.3 is 5.32 Å². The molecule has 0 aliphatic rings. The molecule has 0 saturated carbocycles. The quantitative estimate of drug-likeness (QED) is 0.783. The van der Waals surface area contributed by atoms with Crippen LogP contribution in [0, 0.1) is 0 Å². The first-order chi connectivity index (χ1) is 9.83. The highest BCUT2D eigenvalue weighted by molar-refractivity contribution is 5.81. The molecule has 0 aliphatic carbocycles. The lowest BCUT2D eigenvalue weighted by Gasteiger charge is -2.14. The predicted octanol–water partition coefficient (Wildman–Crippen LogP) is 3.48. The van der Waals surface area contributed by atoms with Crippen molar-refractivity contribution in [2.75, 3.05) is 0 Å². The maximum absolute atomic E-state index is 4.13. The third kappa shape index (κ3) is 2.83. The molecule has 0 unspecified atom stereocenters. The van der Waals surface area contributed by atoms with Crippen molar-refractivity contribution >= 4 is 10.8 Å². The minimum Gasteiger partial charge on any atom is -0.306 e. The van der Waals surface area contributed by atoms with E-state index in [-0.39, 0.29) is 0 Å². The lowest BCUT2D eigenvalue weighted by molar-refractivity contribution is 0.574. The summed E-state index contributed by atoms with van der Waals surface area (Å²) in [6, 6.07) is 12.9. The van der Waals surface area contributed by atoms with Gasteiger partial charge in [-0.2, -0.15) is 0 Å². The van der Waals surface area contributed by atoms with Gasteiger partial charge in [0.1, 0.15) is 0 Å². The van der Waals surface area contributed by atoms with Gasteiger partial charge in [-0.25, -0.2) is 0 Å². The van der Waals surface area contributed by atoms with Crippen molar-refractivity contribution in [2.45, 2.75) is 19.5 Å². The summed E-state index contributed by atoms with van der Waals surface area (Å²) in [6.45, 7) is 3.02. The van der Waals surface area contributed by atoms with Gasteiger partial charge in [0.05, 0.1) is 0 Å². The Kier molecular flexibility index (Phi) is 3.70. The molecule has 3 rings (SSSR count). The summed E-state index contributed by atoms with van der Waals surface area (Å²) in [6.07, 6.45) is 7.39. The third-order valence-electron chi connectivity index (χ3n) is 3.52. The number of nitrogens with one attached hydrogen (secondary N) is 1. The number of aromatic nitrogens is 2. The minimum absolute atomic E-state index is 0.311. The Balaban J connectivity index is 1.70. The Morgan fingerprint density at radius 3 is 2.60 bits per heavy atom. The van der Waals surface area contributed by atoms with Crippen molar-refractivity contribution in [3.63, 3.8) is 0 Å². The van der Waals surface area contributed by atoms with Gasteiger partial charge in [-0.3, -0.25) is 9.97 Å². The zero-order chi connectivity index (χ0) is 13.8. The molecule has 1 N–H and O–H groups in total. The Hall–Kier alpha value is -2.26. The van der Waals surface area contributed by atoms with E-state index >= 15 is 0 Å². The van der Waals surface area contributed by atoms with Gasteiger partial charge in [0.15, 0.2) is 0 Å². The predicted molar refractivity (Wildman–Crippen MR) is 81.2 cm³/mol. The molecule has 3 nitrogen and oxygen atoms in total. The van der Waals surface area contributed by atoms with Crippen LogP contribution >= 0.6 is 0 Å². The molecule has 3 aromatic rings. The second-order valence-corrected chi connectivity index (χ2v) is 4.94. The molecule has 100 valence electrons. The molecule has 3 heteroatoms. The van der Waals surface area contributed by atoms with Gasteiger partial charge in [0, 0.05) is 42.8 Å². The molecule has 1 atom stereocenters. The summed E-state index contributed by atoms with van der Waals surface area (Å²) in [4.78, 5) is 8.18. The molecule has 0 amide bonds. The molecule has 2 heterocycles. The fourth-order valence-electron chi connectivity index (χ4n) is 2.28. The van der Waals surface area contributed by atoms with Crippen LogP contribution in [0.15, 0.2) is 61.2 Å².